The van der Waals surface area contributed by atoms with Gasteiger partial charge in [-0.25, -0.2) is 13.2 Å². The Balaban J connectivity index is 3.08. The molecule has 0 saturated carbocycles. The quantitative estimate of drug-likeness (QED) is 0.658. The van der Waals surface area contributed by atoms with Crippen LogP contribution in [0, 0.1) is 5.82 Å². The molecule has 0 bridgehead atoms. The van der Waals surface area contributed by atoms with Gasteiger partial charge in [0.1, 0.15) is 10.6 Å². The van der Waals surface area contributed by atoms with Crippen LogP contribution in [0.5, 0.6) is 0 Å². The van der Waals surface area contributed by atoms with Gasteiger partial charge >= 0.3 is 0 Å². The van der Waals surface area contributed by atoms with Crippen molar-refractivity contribution in [3.05, 3.63) is 47.8 Å². The maximum Gasteiger partial charge on any atom is 0.266 e. The molecule has 2 nitrogen and oxygen atoms in total. The lowest BCUT2D eigenvalue weighted by Crippen LogP contribution is -2.41. The summed E-state index contributed by atoms with van der Waals surface area (Å²) in [5, 5.41) is 0. The summed E-state index contributed by atoms with van der Waals surface area (Å²) in [6, 6.07) is 2.96. The topological polar surface area (TPSA) is 35.1 Å². The van der Waals surface area contributed by atoms with Crippen molar-refractivity contribution >= 4 is 11.4 Å². The van der Waals surface area contributed by atoms with Gasteiger partial charge in [0.25, 0.3) is 6.43 Å². The third-order valence-corrected chi connectivity index (χ3v) is 4.23. The summed E-state index contributed by atoms with van der Waals surface area (Å²) >= 11 is -1.47. The van der Waals surface area contributed by atoms with E-state index in [1.807, 2.05) is 0 Å². The number of halogens is 3. The van der Waals surface area contributed by atoms with Crippen LogP contribution in [0.15, 0.2) is 30.9 Å². The van der Waals surface area contributed by atoms with E-state index in [-0.39, 0.29) is 5.56 Å². The van der Waals surface area contributed by atoms with Gasteiger partial charge in [0.15, 0.2) is 0 Å². The van der Waals surface area contributed by atoms with Crippen molar-refractivity contribution in [3.8, 4) is 0 Å². The number of rotatable bonds is 5. The smallest absolute Gasteiger partial charge is 0.266 e. The molecule has 1 rings (SSSR count). The first-order chi connectivity index (χ1) is 9.18. The molecular formula is C14H18F3NOS. The molecule has 112 valence electrons. The van der Waals surface area contributed by atoms with Crippen molar-refractivity contribution in [3.63, 3.8) is 0 Å². The lowest BCUT2D eigenvalue weighted by Gasteiger charge is -2.27. The molecule has 0 heterocycles. The molecule has 0 aliphatic carbocycles. The Morgan fingerprint density at radius 1 is 1.30 bits per heavy atom. The van der Waals surface area contributed by atoms with Gasteiger partial charge in [0.2, 0.25) is 0 Å². The lowest BCUT2D eigenvalue weighted by atomic mass is 10.0. The number of hydrogen-bond donors (Lipinski definition) is 1. The van der Waals surface area contributed by atoms with E-state index in [1.54, 1.807) is 20.8 Å². The minimum absolute atomic E-state index is 0.00963. The average molecular weight is 305 g/mol. The Morgan fingerprint density at radius 2 is 1.85 bits per heavy atom. The van der Waals surface area contributed by atoms with Gasteiger partial charge in [-0.3, -0.25) is 0 Å². The Kier molecular flexibility index (Phi) is 5.68. The zero-order chi connectivity index (χ0) is 15.5. The first-order valence-corrected chi connectivity index (χ1v) is 7.20. The van der Waals surface area contributed by atoms with Crippen molar-refractivity contribution in [2.24, 2.45) is 0 Å². The molecule has 0 saturated heterocycles. The SMILES string of the molecule is C=C[C@@H](N[S@+]([O-])C(C)(C)C)c1cccc(C(F)F)c1F. The van der Waals surface area contributed by atoms with E-state index in [0.29, 0.717) is 0 Å². The molecule has 0 radical (unpaired) electrons. The molecule has 1 aromatic carbocycles. The summed E-state index contributed by atoms with van der Waals surface area (Å²) in [6.07, 6.45) is -1.55. The van der Waals surface area contributed by atoms with Crippen LogP contribution in [-0.2, 0) is 11.4 Å². The summed E-state index contributed by atoms with van der Waals surface area (Å²) < 4.78 is 53.6. The molecule has 0 aliphatic rings. The maximum atomic E-state index is 14.0. The predicted molar refractivity (Wildman–Crippen MR) is 75.3 cm³/mol. The first-order valence-electron chi connectivity index (χ1n) is 6.05. The van der Waals surface area contributed by atoms with E-state index in [9.17, 15) is 17.7 Å². The molecule has 0 unspecified atom stereocenters. The highest BCUT2D eigenvalue weighted by Gasteiger charge is 2.30. The van der Waals surface area contributed by atoms with Gasteiger partial charge in [-0.15, -0.1) is 11.3 Å². The van der Waals surface area contributed by atoms with Crippen LogP contribution < -0.4 is 4.72 Å². The van der Waals surface area contributed by atoms with E-state index < -0.39 is 40.0 Å². The van der Waals surface area contributed by atoms with E-state index in [4.69, 9.17) is 0 Å². The van der Waals surface area contributed by atoms with Crippen molar-refractivity contribution in [2.75, 3.05) is 0 Å². The number of hydrogen-bond acceptors (Lipinski definition) is 2. The van der Waals surface area contributed by atoms with Crippen LogP contribution in [0.2, 0.25) is 0 Å². The summed E-state index contributed by atoms with van der Waals surface area (Å²) in [5.74, 6) is -0.995. The fourth-order valence-electron chi connectivity index (χ4n) is 1.51. The second-order valence-corrected chi connectivity index (χ2v) is 7.26. The van der Waals surface area contributed by atoms with E-state index in [1.165, 1.54) is 18.2 Å². The minimum atomic E-state index is -2.89. The van der Waals surface area contributed by atoms with Gasteiger partial charge < -0.3 is 4.55 Å². The highest BCUT2D eigenvalue weighted by molar-refractivity contribution is 7.90. The molecule has 6 heteroatoms. The Labute approximate surface area is 120 Å². The first kappa shape index (κ1) is 17.1. The molecule has 0 aliphatic heterocycles. The Hall–Kier alpha value is -0.980. The molecule has 2 atom stereocenters. The number of benzene rings is 1. The molecule has 1 N–H and O–H groups in total. The minimum Gasteiger partial charge on any atom is -0.598 e. The van der Waals surface area contributed by atoms with Crippen molar-refractivity contribution in [1.82, 2.24) is 4.72 Å². The van der Waals surface area contributed by atoms with E-state index in [2.05, 4.69) is 11.3 Å². The van der Waals surface area contributed by atoms with Crippen molar-refractivity contribution < 1.29 is 17.7 Å². The molecule has 0 amide bonds. The molecule has 0 fully saturated rings. The van der Waals surface area contributed by atoms with Crippen LogP contribution in [0.25, 0.3) is 0 Å². The van der Waals surface area contributed by atoms with Crippen molar-refractivity contribution in [1.29, 1.82) is 0 Å². The molecule has 20 heavy (non-hydrogen) atoms. The Morgan fingerprint density at radius 3 is 2.30 bits per heavy atom. The zero-order valence-electron chi connectivity index (χ0n) is 11.6. The van der Waals surface area contributed by atoms with E-state index in [0.717, 1.165) is 6.07 Å². The second kappa shape index (κ2) is 6.65. The molecule has 1 aromatic rings. The highest BCUT2D eigenvalue weighted by Crippen LogP contribution is 2.29. The van der Waals surface area contributed by atoms with Gasteiger partial charge in [-0.05, 0) is 20.8 Å². The van der Waals surface area contributed by atoms with Crippen LogP contribution >= 0.6 is 0 Å². The standard InChI is InChI=1S/C14H18F3NOS/c1-5-11(18-20(19)14(2,3)4)9-7-6-8-10(12(9)15)13(16)17/h5-8,11,13,18H,1H2,2-4H3/t11-,20-/m1/s1. The van der Waals surface area contributed by atoms with Crippen molar-refractivity contribution in [2.45, 2.75) is 38.0 Å². The maximum absolute atomic E-state index is 14.0. The van der Waals surface area contributed by atoms with Gasteiger partial charge in [0.05, 0.1) is 11.6 Å². The molecular weight excluding hydrogens is 287 g/mol. The largest absolute Gasteiger partial charge is 0.598 e. The summed E-state index contributed by atoms with van der Waals surface area (Å²) in [4.78, 5) is 0. The van der Waals surface area contributed by atoms with E-state index >= 15 is 0 Å². The third-order valence-electron chi connectivity index (χ3n) is 2.65. The fourth-order valence-corrected chi connectivity index (χ4v) is 2.32. The van der Waals surface area contributed by atoms with Crippen LogP contribution in [0.3, 0.4) is 0 Å². The van der Waals surface area contributed by atoms with Gasteiger partial charge in [0, 0.05) is 16.9 Å². The van der Waals surface area contributed by atoms with Crippen LogP contribution in [0.4, 0.5) is 13.2 Å². The number of nitrogens with one attached hydrogen (secondary N) is 1. The zero-order valence-corrected chi connectivity index (χ0v) is 12.4. The van der Waals surface area contributed by atoms with Gasteiger partial charge in [-0.1, -0.05) is 24.3 Å². The lowest BCUT2D eigenvalue weighted by molar-refractivity contribution is 0.146. The predicted octanol–water partition coefficient (Wildman–Crippen LogP) is 4.04. The normalized spacial score (nSPS) is 15.2. The number of alkyl halides is 2. The Bertz CT molecular complexity index is 474. The average Bonchev–Trinajstić information content (AvgIpc) is 2.34. The summed E-state index contributed by atoms with van der Waals surface area (Å²) in [7, 11) is 0. The summed E-state index contributed by atoms with van der Waals surface area (Å²) in [5.41, 5.74) is -0.659. The fraction of sp³-hybridized carbons (Fsp3) is 0.429. The third kappa shape index (κ3) is 4.01. The van der Waals surface area contributed by atoms with Crippen LogP contribution in [-0.4, -0.2) is 9.30 Å². The monoisotopic (exact) mass is 305 g/mol. The molecule has 0 spiro atoms. The summed E-state index contributed by atoms with van der Waals surface area (Å²) in [6.45, 7) is 8.79. The van der Waals surface area contributed by atoms with Gasteiger partial charge in [-0.2, -0.15) is 0 Å². The highest BCUT2D eigenvalue weighted by atomic mass is 32.2. The second-order valence-electron chi connectivity index (χ2n) is 5.26. The van der Waals surface area contributed by atoms with Crippen LogP contribution in [0.1, 0.15) is 44.4 Å². The molecule has 0 aromatic heterocycles.